The van der Waals surface area contributed by atoms with Gasteiger partial charge in [-0.2, -0.15) is 42.1 Å². The zero-order valence-corrected chi connectivity index (χ0v) is 18.2. The molecule has 3 rings (SSSR count). The molecule has 0 aliphatic heterocycles. The van der Waals surface area contributed by atoms with Crippen LogP contribution in [0.5, 0.6) is 0 Å². The topological polar surface area (TPSA) is 190 Å². The SMILES string of the molecule is N#CC(C#N)=c1c(C#N)c(-c2ccc(C#N)cc2)c(=C(C#N)C#N)c(C#N)c1-c1ccc(C#N)cc1. The highest BCUT2D eigenvalue weighted by Crippen LogP contribution is 2.27. The van der Waals surface area contributed by atoms with Crippen LogP contribution in [0.25, 0.3) is 33.4 Å². The van der Waals surface area contributed by atoms with E-state index in [9.17, 15) is 31.6 Å². The normalized spacial score (nSPS) is 8.89. The van der Waals surface area contributed by atoms with Gasteiger partial charge in [0, 0.05) is 21.6 Å². The highest BCUT2D eigenvalue weighted by molar-refractivity contribution is 5.91. The summed E-state index contributed by atoms with van der Waals surface area (Å²) in [7, 11) is 0. The fourth-order valence-electron chi connectivity index (χ4n) is 3.75. The molecule has 0 aliphatic carbocycles. The Morgan fingerprint density at radius 1 is 0.417 bits per heavy atom. The Morgan fingerprint density at radius 3 is 0.944 bits per heavy atom. The number of benzene rings is 3. The van der Waals surface area contributed by atoms with Crippen LogP contribution in [0.3, 0.4) is 0 Å². The number of nitriles is 8. The first-order chi connectivity index (χ1) is 17.5. The fraction of sp³-hybridized carbons (Fsp3) is 0. The predicted molar refractivity (Wildman–Crippen MR) is 125 cm³/mol. The van der Waals surface area contributed by atoms with Crippen LogP contribution in [0.15, 0.2) is 48.5 Å². The van der Waals surface area contributed by atoms with Crippen molar-refractivity contribution in [2.45, 2.75) is 0 Å². The van der Waals surface area contributed by atoms with Crippen LogP contribution >= 0.6 is 0 Å². The molecule has 3 aromatic carbocycles. The number of hydrogen-bond donors (Lipinski definition) is 0. The van der Waals surface area contributed by atoms with Gasteiger partial charge < -0.3 is 0 Å². The van der Waals surface area contributed by atoms with E-state index in [1.165, 1.54) is 48.5 Å². The Hall–Kier alpha value is -6.68. The third-order valence-corrected chi connectivity index (χ3v) is 5.28. The lowest BCUT2D eigenvalue weighted by Crippen LogP contribution is -2.27. The van der Waals surface area contributed by atoms with Gasteiger partial charge in [-0.05, 0) is 35.4 Å². The van der Waals surface area contributed by atoms with Crippen molar-refractivity contribution in [2.24, 2.45) is 0 Å². The first-order valence-electron chi connectivity index (χ1n) is 9.93. The predicted octanol–water partition coefficient (Wildman–Crippen LogP) is 2.90. The molecule has 0 amide bonds. The Morgan fingerprint density at radius 2 is 0.722 bits per heavy atom. The largest absolute Gasteiger partial charge is 0.192 e. The van der Waals surface area contributed by atoms with Gasteiger partial charge in [0.25, 0.3) is 0 Å². The summed E-state index contributed by atoms with van der Waals surface area (Å²) in [6, 6.07) is 26.7. The Balaban J connectivity index is 2.86. The summed E-state index contributed by atoms with van der Waals surface area (Å²) in [5.41, 5.74) is -0.105. The van der Waals surface area contributed by atoms with Gasteiger partial charge in [0.2, 0.25) is 0 Å². The molecule has 160 valence electrons. The standard InChI is InChI=1S/C28H8N8/c29-9-17-1-5-19(6-2-17)25-23(15-35)28(22(13-33)14-34)26(20-7-3-18(10-30)4-8-20)24(16-36)27(25)21(11-31)12-32/h1-8H. The smallest absolute Gasteiger partial charge is 0.138 e. The van der Waals surface area contributed by atoms with E-state index in [-0.39, 0.29) is 32.7 Å². The van der Waals surface area contributed by atoms with Crippen LogP contribution in [0.2, 0.25) is 0 Å². The molecule has 36 heavy (non-hydrogen) atoms. The van der Waals surface area contributed by atoms with Crippen LogP contribution in [0.1, 0.15) is 22.3 Å². The monoisotopic (exact) mass is 456 g/mol. The third-order valence-electron chi connectivity index (χ3n) is 5.28. The number of hydrogen-bond acceptors (Lipinski definition) is 8. The lowest BCUT2D eigenvalue weighted by atomic mass is 9.84. The van der Waals surface area contributed by atoms with E-state index in [4.69, 9.17) is 10.5 Å². The van der Waals surface area contributed by atoms with E-state index in [0.717, 1.165) is 0 Å². The van der Waals surface area contributed by atoms with Crippen molar-refractivity contribution in [2.75, 3.05) is 0 Å². The molecular weight excluding hydrogens is 448 g/mol. The molecule has 0 heterocycles. The van der Waals surface area contributed by atoms with Crippen molar-refractivity contribution < 1.29 is 0 Å². The van der Waals surface area contributed by atoms with E-state index in [1.54, 1.807) is 24.3 Å². The molecule has 0 unspecified atom stereocenters. The highest BCUT2D eigenvalue weighted by atomic mass is 14.4. The maximum Gasteiger partial charge on any atom is 0.138 e. The Kier molecular flexibility index (Phi) is 6.85. The van der Waals surface area contributed by atoms with Gasteiger partial charge in [-0.3, -0.25) is 0 Å². The average molecular weight is 456 g/mol. The van der Waals surface area contributed by atoms with Gasteiger partial charge in [-0.1, -0.05) is 24.3 Å². The molecule has 0 saturated carbocycles. The summed E-state index contributed by atoms with van der Waals surface area (Å²) < 4.78 is 0. The maximum atomic E-state index is 10.2. The number of rotatable bonds is 2. The van der Waals surface area contributed by atoms with Crippen molar-refractivity contribution in [1.29, 1.82) is 42.1 Å². The van der Waals surface area contributed by atoms with E-state index < -0.39 is 11.1 Å². The molecule has 0 saturated heterocycles. The lowest BCUT2D eigenvalue weighted by Gasteiger charge is -2.15. The minimum Gasteiger partial charge on any atom is -0.192 e. The van der Waals surface area contributed by atoms with Crippen molar-refractivity contribution in [3.8, 4) is 70.8 Å². The van der Waals surface area contributed by atoms with Gasteiger partial charge in [0.1, 0.15) is 47.6 Å². The second-order valence-corrected chi connectivity index (χ2v) is 7.05. The molecule has 0 aliphatic rings. The summed E-state index contributed by atoms with van der Waals surface area (Å²) in [5.74, 6) is 0. The van der Waals surface area contributed by atoms with Crippen LogP contribution in [-0.2, 0) is 0 Å². The molecule has 0 atom stereocenters. The van der Waals surface area contributed by atoms with Crippen molar-refractivity contribution in [1.82, 2.24) is 0 Å². The summed E-state index contributed by atoms with van der Waals surface area (Å²) in [6.45, 7) is 0. The zero-order chi connectivity index (χ0) is 26.2. The molecule has 0 bridgehead atoms. The Bertz CT molecular complexity index is 1710. The molecule has 0 aromatic heterocycles. The average Bonchev–Trinajstić information content (AvgIpc) is 2.94. The molecule has 0 radical (unpaired) electrons. The second-order valence-electron chi connectivity index (χ2n) is 7.05. The molecular formula is C28H8N8. The minimum absolute atomic E-state index is 0.00651. The molecule has 8 heteroatoms. The van der Waals surface area contributed by atoms with Crippen molar-refractivity contribution >= 4 is 11.1 Å². The van der Waals surface area contributed by atoms with Gasteiger partial charge in [-0.15, -0.1) is 0 Å². The van der Waals surface area contributed by atoms with Gasteiger partial charge in [0.05, 0.1) is 34.4 Å². The zero-order valence-electron chi connectivity index (χ0n) is 18.2. The van der Waals surface area contributed by atoms with Crippen LogP contribution in [-0.4, -0.2) is 0 Å². The minimum atomic E-state index is -0.459. The van der Waals surface area contributed by atoms with E-state index >= 15 is 0 Å². The third kappa shape index (κ3) is 3.94. The summed E-state index contributed by atoms with van der Waals surface area (Å²) in [4.78, 5) is 0. The fourth-order valence-corrected chi connectivity index (χ4v) is 3.75. The lowest BCUT2D eigenvalue weighted by molar-refractivity contribution is 1.36. The summed E-state index contributed by atoms with van der Waals surface area (Å²) >= 11 is 0. The number of nitrogens with zero attached hydrogens (tertiary/aromatic N) is 8. The molecule has 0 spiro atoms. The molecule has 8 nitrogen and oxygen atoms in total. The van der Waals surface area contributed by atoms with E-state index in [2.05, 4.69) is 0 Å². The highest BCUT2D eigenvalue weighted by Gasteiger charge is 2.24. The quantitative estimate of drug-likeness (QED) is 0.562. The molecule has 3 aromatic rings. The van der Waals surface area contributed by atoms with Gasteiger partial charge in [0.15, 0.2) is 0 Å². The van der Waals surface area contributed by atoms with Crippen LogP contribution in [0, 0.1) is 90.6 Å². The van der Waals surface area contributed by atoms with Crippen LogP contribution in [0.4, 0.5) is 0 Å². The second kappa shape index (κ2) is 10.3. The maximum absolute atomic E-state index is 10.2. The van der Waals surface area contributed by atoms with Crippen molar-refractivity contribution in [3.05, 3.63) is 81.2 Å². The molecule has 0 fully saturated rings. The van der Waals surface area contributed by atoms with E-state index in [0.29, 0.717) is 22.3 Å². The van der Waals surface area contributed by atoms with Gasteiger partial charge in [-0.25, -0.2) is 0 Å². The van der Waals surface area contributed by atoms with Crippen LogP contribution < -0.4 is 10.4 Å². The Labute approximate surface area is 205 Å². The summed E-state index contributed by atoms with van der Waals surface area (Å²) in [5, 5.41) is 77.4. The first-order valence-corrected chi connectivity index (χ1v) is 9.93. The van der Waals surface area contributed by atoms with E-state index in [1.807, 2.05) is 24.3 Å². The summed E-state index contributed by atoms with van der Waals surface area (Å²) in [6.07, 6.45) is 0. The first kappa shape index (κ1) is 24.0. The molecule has 0 N–H and O–H groups in total. The van der Waals surface area contributed by atoms with Crippen molar-refractivity contribution in [3.63, 3.8) is 0 Å². The van der Waals surface area contributed by atoms with Gasteiger partial charge >= 0.3 is 0 Å².